The molecule has 0 aromatic heterocycles. The third kappa shape index (κ3) is 4.69. The van der Waals surface area contributed by atoms with Crippen LogP contribution >= 0.6 is 15.9 Å². The Balaban J connectivity index is 1.88. The Morgan fingerprint density at radius 1 is 1.19 bits per heavy atom. The standard InChI is InChI=1S/C17H19BrN2O/c1-12-6-3-4-9-16(12)13(2)19-11-17(21)20-15-8-5-7-14(18)10-15/h3-10,13,19H,11H2,1-2H3,(H,20,21)/t13-/m0/s1. The fourth-order valence-corrected chi connectivity index (χ4v) is 2.60. The smallest absolute Gasteiger partial charge is 0.238 e. The minimum Gasteiger partial charge on any atom is -0.325 e. The lowest BCUT2D eigenvalue weighted by Crippen LogP contribution is -2.30. The number of benzene rings is 2. The molecule has 0 aliphatic carbocycles. The molecule has 21 heavy (non-hydrogen) atoms. The summed E-state index contributed by atoms with van der Waals surface area (Å²) in [5.41, 5.74) is 3.23. The lowest BCUT2D eigenvalue weighted by atomic mass is 10.0. The summed E-state index contributed by atoms with van der Waals surface area (Å²) in [6, 6.07) is 15.9. The molecule has 0 saturated heterocycles. The van der Waals surface area contributed by atoms with Crippen molar-refractivity contribution in [3.05, 3.63) is 64.1 Å². The molecule has 2 rings (SSSR count). The average Bonchev–Trinajstić information content (AvgIpc) is 2.45. The lowest BCUT2D eigenvalue weighted by molar-refractivity contribution is -0.115. The molecule has 0 heterocycles. The zero-order valence-corrected chi connectivity index (χ0v) is 13.8. The average molecular weight is 347 g/mol. The molecular formula is C17H19BrN2O. The summed E-state index contributed by atoms with van der Waals surface area (Å²) >= 11 is 3.39. The van der Waals surface area contributed by atoms with Crippen LogP contribution in [-0.4, -0.2) is 12.5 Å². The Kier molecular flexibility index (Phi) is 5.53. The van der Waals surface area contributed by atoms with Crippen molar-refractivity contribution < 1.29 is 4.79 Å². The predicted octanol–water partition coefficient (Wildman–Crippen LogP) is 4.05. The first-order chi connectivity index (χ1) is 10.1. The van der Waals surface area contributed by atoms with Gasteiger partial charge in [0.25, 0.3) is 0 Å². The van der Waals surface area contributed by atoms with Crippen molar-refractivity contribution in [3.63, 3.8) is 0 Å². The number of hydrogen-bond acceptors (Lipinski definition) is 2. The second-order valence-corrected chi connectivity index (χ2v) is 5.93. The Morgan fingerprint density at radius 3 is 2.67 bits per heavy atom. The van der Waals surface area contributed by atoms with E-state index < -0.39 is 0 Å². The molecule has 110 valence electrons. The minimum atomic E-state index is -0.0477. The topological polar surface area (TPSA) is 41.1 Å². The van der Waals surface area contributed by atoms with E-state index in [-0.39, 0.29) is 18.5 Å². The SMILES string of the molecule is Cc1ccccc1[C@H](C)NCC(=O)Nc1cccc(Br)c1. The van der Waals surface area contributed by atoms with E-state index in [4.69, 9.17) is 0 Å². The Bertz CT molecular complexity index is 628. The van der Waals surface area contributed by atoms with Gasteiger partial charge >= 0.3 is 0 Å². The second kappa shape index (κ2) is 7.38. The van der Waals surface area contributed by atoms with E-state index in [2.05, 4.69) is 52.5 Å². The van der Waals surface area contributed by atoms with Crippen LogP contribution in [0.25, 0.3) is 0 Å². The van der Waals surface area contributed by atoms with E-state index in [0.29, 0.717) is 0 Å². The van der Waals surface area contributed by atoms with Crippen LogP contribution < -0.4 is 10.6 Å². The zero-order valence-electron chi connectivity index (χ0n) is 12.2. The highest BCUT2D eigenvalue weighted by atomic mass is 79.9. The zero-order chi connectivity index (χ0) is 15.2. The maximum atomic E-state index is 12.0. The van der Waals surface area contributed by atoms with Gasteiger partial charge in [0.05, 0.1) is 6.54 Å². The maximum Gasteiger partial charge on any atom is 0.238 e. The van der Waals surface area contributed by atoms with Gasteiger partial charge in [-0.15, -0.1) is 0 Å². The number of hydrogen-bond donors (Lipinski definition) is 2. The van der Waals surface area contributed by atoms with Gasteiger partial charge in [-0.3, -0.25) is 4.79 Å². The summed E-state index contributed by atoms with van der Waals surface area (Å²) in [4.78, 5) is 12.0. The van der Waals surface area contributed by atoms with Gasteiger partial charge in [-0.25, -0.2) is 0 Å². The van der Waals surface area contributed by atoms with Crippen LogP contribution in [0.3, 0.4) is 0 Å². The van der Waals surface area contributed by atoms with Gasteiger partial charge in [-0.05, 0) is 43.2 Å². The summed E-state index contributed by atoms with van der Waals surface area (Å²) in [6.07, 6.45) is 0. The monoisotopic (exact) mass is 346 g/mol. The second-order valence-electron chi connectivity index (χ2n) is 5.02. The summed E-state index contributed by atoms with van der Waals surface area (Å²) in [6.45, 7) is 4.42. The first-order valence-corrected chi connectivity index (χ1v) is 7.70. The highest BCUT2D eigenvalue weighted by Crippen LogP contribution is 2.17. The van der Waals surface area contributed by atoms with Gasteiger partial charge in [-0.2, -0.15) is 0 Å². The fourth-order valence-electron chi connectivity index (χ4n) is 2.20. The third-order valence-corrected chi connectivity index (χ3v) is 3.83. The molecule has 1 amide bonds. The lowest BCUT2D eigenvalue weighted by Gasteiger charge is -2.16. The molecular weight excluding hydrogens is 328 g/mol. The molecule has 0 aliphatic rings. The van der Waals surface area contributed by atoms with Crippen LogP contribution in [-0.2, 0) is 4.79 Å². The number of carbonyl (C=O) groups excluding carboxylic acids is 1. The minimum absolute atomic E-state index is 0.0477. The molecule has 0 bridgehead atoms. The molecule has 0 spiro atoms. The molecule has 0 saturated carbocycles. The third-order valence-electron chi connectivity index (χ3n) is 3.33. The van der Waals surface area contributed by atoms with Crippen molar-refractivity contribution in [2.24, 2.45) is 0 Å². The summed E-state index contributed by atoms with van der Waals surface area (Å²) < 4.78 is 0.946. The van der Waals surface area contributed by atoms with Crippen LogP contribution in [0.4, 0.5) is 5.69 Å². The number of rotatable bonds is 5. The van der Waals surface area contributed by atoms with Gasteiger partial charge < -0.3 is 10.6 Å². The van der Waals surface area contributed by atoms with Crippen LogP contribution in [0, 0.1) is 6.92 Å². The molecule has 2 aromatic rings. The first-order valence-electron chi connectivity index (χ1n) is 6.90. The fraction of sp³-hybridized carbons (Fsp3) is 0.235. The molecule has 2 aromatic carbocycles. The van der Waals surface area contributed by atoms with E-state index in [1.165, 1.54) is 11.1 Å². The van der Waals surface area contributed by atoms with Crippen molar-refractivity contribution in [2.45, 2.75) is 19.9 Å². The predicted molar refractivity (Wildman–Crippen MR) is 90.4 cm³/mol. The summed E-state index contributed by atoms with van der Waals surface area (Å²) in [5, 5.41) is 6.12. The number of anilines is 1. The number of halogens is 1. The van der Waals surface area contributed by atoms with Crippen LogP contribution in [0.15, 0.2) is 53.0 Å². The molecule has 2 N–H and O–H groups in total. The van der Waals surface area contributed by atoms with Crippen LogP contribution in [0.2, 0.25) is 0 Å². The van der Waals surface area contributed by atoms with Crippen molar-refractivity contribution in [1.82, 2.24) is 5.32 Å². The van der Waals surface area contributed by atoms with E-state index in [9.17, 15) is 4.79 Å². The van der Waals surface area contributed by atoms with E-state index in [0.717, 1.165) is 10.2 Å². The molecule has 4 heteroatoms. The van der Waals surface area contributed by atoms with E-state index in [1.807, 2.05) is 36.4 Å². The Morgan fingerprint density at radius 2 is 1.95 bits per heavy atom. The van der Waals surface area contributed by atoms with Gasteiger partial charge in [0.2, 0.25) is 5.91 Å². The summed E-state index contributed by atoms with van der Waals surface area (Å²) in [7, 11) is 0. The number of aryl methyl sites for hydroxylation is 1. The number of amides is 1. The highest BCUT2D eigenvalue weighted by molar-refractivity contribution is 9.10. The molecule has 1 atom stereocenters. The molecule has 3 nitrogen and oxygen atoms in total. The van der Waals surface area contributed by atoms with Crippen molar-refractivity contribution in [3.8, 4) is 0 Å². The van der Waals surface area contributed by atoms with Crippen LogP contribution in [0.1, 0.15) is 24.1 Å². The normalized spacial score (nSPS) is 12.0. The van der Waals surface area contributed by atoms with Crippen molar-refractivity contribution >= 4 is 27.5 Å². The van der Waals surface area contributed by atoms with E-state index >= 15 is 0 Å². The molecule has 0 aliphatic heterocycles. The van der Waals surface area contributed by atoms with Crippen molar-refractivity contribution in [2.75, 3.05) is 11.9 Å². The first kappa shape index (κ1) is 15.7. The van der Waals surface area contributed by atoms with Gasteiger partial charge in [0.1, 0.15) is 0 Å². The maximum absolute atomic E-state index is 12.0. The molecule has 0 radical (unpaired) electrons. The Labute approximate surface area is 133 Å². The number of carbonyl (C=O) groups is 1. The summed E-state index contributed by atoms with van der Waals surface area (Å²) in [5.74, 6) is -0.0477. The molecule has 0 fully saturated rings. The van der Waals surface area contributed by atoms with E-state index in [1.54, 1.807) is 0 Å². The highest BCUT2D eigenvalue weighted by Gasteiger charge is 2.09. The van der Waals surface area contributed by atoms with Gasteiger partial charge in [-0.1, -0.05) is 46.3 Å². The van der Waals surface area contributed by atoms with Crippen molar-refractivity contribution in [1.29, 1.82) is 0 Å². The number of nitrogens with one attached hydrogen (secondary N) is 2. The largest absolute Gasteiger partial charge is 0.325 e. The van der Waals surface area contributed by atoms with Gasteiger partial charge in [0, 0.05) is 16.2 Å². The quantitative estimate of drug-likeness (QED) is 0.857. The molecule has 0 unspecified atom stereocenters. The Hall–Kier alpha value is -1.65. The van der Waals surface area contributed by atoms with Crippen LogP contribution in [0.5, 0.6) is 0 Å². The van der Waals surface area contributed by atoms with Gasteiger partial charge in [0.15, 0.2) is 0 Å².